The lowest BCUT2D eigenvalue weighted by Gasteiger charge is -2.34. The van der Waals surface area contributed by atoms with E-state index in [2.05, 4.69) is 145 Å². The molecule has 2 saturated carbocycles. The molecule has 12 heterocycles. The molecule has 14 aromatic rings. The Balaban J connectivity index is 0.000000167. The number of para-hydroxylation sites is 1. The summed E-state index contributed by atoms with van der Waals surface area (Å²) in [6.07, 6.45) is 9.05. The summed E-state index contributed by atoms with van der Waals surface area (Å²) in [7, 11) is 6.04. The average Bonchev–Trinajstić information content (AvgIpc) is 1.70. The van der Waals surface area contributed by atoms with E-state index in [0.717, 1.165) is 71.6 Å². The van der Waals surface area contributed by atoms with Gasteiger partial charge >= 0.3 is 6.36 Å². The topological polar surface area (TPSA) is 505 Å². The molecule has 16 rings (SSSR count). The number of nitrogens with zero attached hydrogens (tertiary/aromatic N) is 24. The van der Waals surface area contributed by atoms with Gasteiger partial charge in [0.15, 0.2) is 40.2 Å². The third-order valence-electron chi connectivity index (χ3n) is 23.1. The van der Waals surface area contributed by atoms with Gasteiger partial charge in [-0.2, -0.15) is 30.6 Å². The molecule has 2 fully saturated rings. The number of aromatic nitrogens is 24. The van der Waals surface area contributed by atoms with Gasteiger partial charge < -0.3 is 41.4 Å². The van der Waals surface area contributed by atoms with Crippen molar-refractivity contribution in [2.24, 2.45) is 0 Å². The van der Waals surface area contributed by atoms with Gasteiger partial charge in [0.1, 0.15) is 41.6 Å². The second kappa shape index (κ2) is 53.2. The molecule has 0 aliphatic heterocycles. The summed E-state index contributed by atoms with van der Waals surface area (Å²) in [6.45, 7) is 6.77. The molecule has 49 heteroatoms. The van der Waals surface area contributed by atoms with Crippen LogP contribution in [-0.2, 0) is 110 Å². The fraction of sp³-hybridized carbons (Fsp3) is 0.366. The number of benzene rings is 2. The maximum Gasteiger partial charge on any atom is 0.573 e. The van der Waals surface area contributed by atoms with Crippen molar-refractivity contribution >= 4 is 70.2 Å². The minimum atomic E-state index is -4.92. The number of aryl methyl sites for hydroxylation is 9. The summed E-state index contributed by atoms with van der Waals surface area (Å²) < 4.78 is 123. The molecule has 784 valence electrons. The van der Waals surface area contributed by atoms with Crippen LogP contribution >= 0.6 is 11.6 Å². The molecule has 6 amide bonds. The Hall–Kier alpha value is -16.6. The van der Waals surface area contributed by atoms with E-state index in [-0.39, 0.29) is 158 Å². The van der Waals surface area contributed by atoms with Gasteiger partial charge in [0.25, 0.3) is 29.6 Å². The van der Waals surface area contributed by atoms with Crippen molar-refractivity contribution in [3.8, 4) is 33.8 Å². The number of Topliss-reactive ketones (excluding diaryl/α,β-unsaturated/α-hetero) is 2. The van der Waals surface area contributed by atoms with Gasteiger partial charge in [-0.1, -0.05) is 50.7 Å². The molecule has 2 atom stereocenters. The summed E-state index contributed by atoms with van der Waals surface area (Å²) in [5.41, 5.74) is 12.7. The third-order valence-corrected chi connectivity index (χ3v) is 23.4. The van der Waals surface area contributed by atoms with E-state index < -0.39 is 42.4 Å². The first-order valence-corrected chi connectivity index (χ1v) is 48.3. The van der Waals surface area contributed by atoms with Crippen molar-refractivity contribution in [2.75, 3.05) is 38.8 Å². The van der Waals surface area contributed by atoms with Crippen LogP contribution in [0.15, 0.2) is 171 Å². The lowest BCUT2D eigenvalue weighted by molar-refractivity contribution is -0.274. The van der Waals surface area contributed by atoms with Crippen LogP contribution in [0.25, 0.3) is 22.3 Å². The number of ketones is 2. The summed E-state index contributed by atoms with van der Waals surface area (Å²) in [6, 6.07) is 36.7. The minimum absolute atomic E-state index is 0.0129. The van der Waals surface area contributed by atoms with E-state index >= 15 is 0 Å². The van der Waals surface area contributed by atoms with Crippen molar-refractivity contribution in [2.45, 2.75) is 212 Å². The molecule has 12 aromatic heterocycles. The van der Waals surface area contributed by atoms with E-state index in [1.165, 1.54) is 110 Å². The Morgan fingerprint density at radius 3 is 1.31 bits per heavy atom. The van der Waals surface area contributed by atoms with Crippen molar-refractivity contribution in [3.63, 3.8) is 0 Å². The van der Waals surface area contributed by atoms with Crippen LogP contribution in [0.3, 0.4) is 0 Å². The van der Waals surface area contributed by atoms with Gasteiger partial charge in [0.05, 0.1) is 114 Å². The van der Waals surface area contributed by atoms with Crippen LogP contribution in [0.2, 0.25) is 5.02 Å². The fourth-order valence-corrected chi connectivity index (χ4v) is 15.7. The number of halogens is 9. The van der Waals surface area contributed by atoms with Gasteiger partial charge in [-0.3, -0.25) is 67.7 Å². The highest BCUT2D eigenvalue weighted by Gasteiger charge is 2.47. The van der Waals surface area contributed by atoms with Crippen LogP contribution in [0.5, 0.6) is 11.5 Å². The van der Waals surface area contributed by atoms with Crippen molar-refractivity contribution in [1.82, 2.24) is 142 Å². The maximum atomic E-state index is 14.4. The number of anilines is 2. The number of hydrogen-bond donors (Lipinski definition) is 6. The number of pyridine rings is 4. The van der Waals surface area contributed by atoms with Gasteiger partial charge in [0.2, 0.25) is 11.8 Å². The van der Waals surface area contributed by atoms with Crippen LogP contribution in [0, 0.1) is 26.6 Å². The molecule has 0 bridgehead atoms. The van der Waals surface area contributed by atoms with Crippen LogP contribution in [0.4, 0.5) is 46.8 Å². The lowest BCUT2D eigenvalue weighted by atomic mass is 9.91. The van der Waals surface area contributed by atoms with Gasteiger partial charge in [0, 0.05) is 120 Å². The molecule has 0 unspecified atom stereocenters. The number of hydrogen-bond acceptors (Lipinski definition) is 30. The monoisotopic (exact) mass is 2090 g/mol. The molecular formula is C101H107ClF8N30O10. The van der Waals surface area contributed by atoms with E-state index in [1.54, 1.807) is 90.5 Å². The summed E-state index contributed by atoms with van der Waals surface area (Å²) >= 11 is 5.96. The summed E-state index contributed by atoms with van der Waals surface area (Å²) in [5.74, 6) is -4.08. The Bertz CT molecular complexity index is 6970. The van der Waals surface area contributed by atoms with Crippen LogP contribution < -0.4 is 41.4 Å². The number of amides is 6. The Kier molecular flexibility index (Phi) is 39.2. The molecule has 40 nitrogen and oxygen atoms in total. The number of nitrogens with one attached hydrogen (secondary N) is 6. The van der Waals surface area contributed by atoms with Gasteiger partial charge in [-0.05, 0) is 235 Å². The Labute approximate surface area is 859 Å². The van der Waals surface area contributed by atoms with Crippen molar-refractivity contribution < 1.29 is 83.0 Å². The normalized spacial score (nSPS) is 12.9. The number of ether oxygens (including phenoxy) is 2. The predicted molar refractivity (Wildman–Crippen MR) is 528 cm³/mol. The number of alkyl halides is 7. The highest BCUT2D eigenvalue weighted by Crippen LogP contribution is 2.43. The molecule has 6 N–H and O–H groups in total. The average molecular weight is 2090 g/mol. The highest BCUT2D eigenvalue weighted by molar-refractivity contribution is 6.32. The maximum absolute atomic E-state index is 14.4. The zero-order valence-corrected chi connectivity index (χ0v) is 83.4. The standard InChI is InChI=1S/C27H25ClF3N7O3.C27H28FN7O2.C24H27F3N8O3.C23H27FN8O2/c1-32-26(40)24-16-38(37-36-24)12-3-2-5-18-8-9-19(35-34-18)14-21(39)15-20-13-17(10-11-33-20)22-6-4-7-23(28)25(22)41-27(29,30)31;1-18-6-7-20(28)14-25(18)19-10-11-30-23(13-19)16-24(36)15-22-9-8-21(31-32-22)5-3-4-12-35-17-26(33-34-35)27(37)29-2;1-14-7-18(38-19-10-24(26,27)11-19)8-17(29-14)9-22(36)30-21-6-5-16(31-33-21)4-3-15(25)12-35-13-20(32-34-35)23(37)28-2;1-14-9-16(15-3-4-15)10-19(26-14)11-22(33)27-21-8-7-18(28-30-21)6-5-17(24)12-32-13-20(29-31-32)23(34)25-2/h4,6-11,13,16H,2-3,5,12,14-15H2,1H3,(H,32,40);6-11,13-14,17H,3-5,12,15-16H2,1-2H3,(H,29,37);5-8,13,15,19H,3-4,9-12H2,1-2H3,(H,28,37)(H,30,33,36);7-10,13,15,17H,3-6,11-12H2,1-2H3,(H,25,34)(H,27,30,33)/t;;15-;17-/m..11/s1. The first kappa shape index (κ1) is 111. The van der Waals surface area contributed by atoms with E-state index in [4.69, 9.17) is 16.3 Å². The van der Waals surface area contributed by atoms with Crippen LogP contribution in [0.1, 0.15) is 192 Å². The number of rotatable bonds is 44. The zero-order chi connectivity index (χ0) is 107. The second-order valence-electron chi connectivity index (χ2n) is 35.4. The molecular weight excluding hydrogens is 1980 g/mol. The zero-order valence-electron chi connectivity index (χ0n) is 82.7. The number of carbonyl (C=O) groups is 8. The quantitative estimate of drug-likeness (QED) is 0.0153. The number of unbranched alkanes of at least 4 members (excludes halogenated alkanes) is 2. The first-order chi connectivity index (χ1) is 72.0. The largest absolute Gasteiger partial charge is 0.573 e. The van der Waals surface area contributed by atoms with Gasteiger partial charge in [-0.15, -0.1) is 43.8 Å². The Morgan fingerprint density at radius 2 is 0.867 bits per heavy atom. The highest BCUT2D eigenvalue weighted by atomic mass is 35.5. The smallest absolute Gasteiger partial charge is 0.490 e. The molecule has 0 spiro atoms. The molecule has 0 saturated heterocycles. The summed E-state index contributed by atoms with van der Waals surface area (Å²) in [5, 5.41) is 78.4. The first-order valence-electron chi connectivity index (χ1n) is 47.9. The van der Waals surface area contributed by atoms with Crippen molar-refractivity contribution in [3.05, 3.63) is 284 Å². The molecule has 0 radical (unpaired) electrons. The fourth-order valence-electron chi connectivity index (χ4n) is 15.5. The lowest BCUT2D eigenvalue weighted by Crippen LogP contribution is -2.43. The van der Waals surface area contributed by atoms with Crippen LogP contribution in [-0.4, -0.2) is 227 Å². The number of carbonyl (C=O) groups excluding carboxylic acids is 8. The minimum Gasteiger partial charge on any atom is -0.490 e. The van der Waals surface area contributed by atoms with E-state index in [0.29, 0.717) is 107 Å². The van der Waals surface area contributed by atoms with E-state index in [1.807, 2.05) is 50.2 Å². The van der Waals surface area contributed by atoms with E-state index in [9.17, 15) is 73.5 Å². The van der Waals surface area contributed by atoms with Gasteiger partial charge in [-0.25, -0.2) is 31.3 Å². The second-order valence-corrected chi connectivity index (χ2v) is 35.8. The Morgan fingerprint density at radius 1 is 0.447 bits per heavy atom. The SMILES string of the molecule is CNC(=O)c1cn(CCCCc2ccc(CC(=O)Cc3cc(-c4cc(F)ccc4C)ccn3)nn2)nn1.CNC(=O)c1cn(CCCCc2ccc(CC(=O)Cc3cc(-c4cccc(Cl)c4OC(F)(F)F)ccn3)nn2)nn1.CNC(=O)c1cn(C[C@H](F)CCc2ccc(NC(=O)Cc3cc(C4CC4)cc(C)n3)nn2)nn1.CNC(=O)c1cn(C[C@H](F)CCc2ccc(NC(=O)Cc3cc(OC4CC(F)(F)C4)cc(C)n3)nn2)nn1. The summed E-state index contributed by atoms with van der Waals surface area (Å²) in [4.78, 5) is 114. The molecule has 2 aromatic carbocycles. The van der Waals surface area contributed by atoms with Crippen molar-refractivity contribution in [1.29, 1.82) is 0 Å². The molecule has 2 aliphatic rings. The predicted octanol–water partition coefficient (Wildman–Crippen LogP) is 12.4. The molecule has 2 aliphatic carbocycles. The molecule has 150 heavy (non-hydrogen) atoms. The third kappa shape index (κ3) is 35.1.